The number of pyridine rings is 1. The van der Waals surface area contributed by atoms with Crippen LogP contribution >= 0.6 is 23.2 Å². The van der Waals surface area contributed by atoms with Gasteiger partial charge in [0.2, 0.25) is 0 Å². The largest absolute Gasteiger partial charge is 0.495 e. The summed E-state index contributed by atoms with van der Waals surface area (Å²) in [4.78, 5) is 25.7. The van der Waals surface area contributed by atoms with Crippen molar-refractivity contribution in [3.8, 4) is 11.4 Å². The maximum Gasteiger partial charge on any atom is 0.299 e. The topological polar surface area (TPSA) is 86.3 Å². The molecule has 4 rings (SSSR count). The van der Waals surface area contributed by atoms with E-state index in [9.17, 15) is 14.8 Å². The van der Waals surface area contributed by atoms with Gasteiger partial charge in [-0.15, -0.1) is 0 Å². The van der Waals surface area contributed by atoms with Crippen molar-refractivity contribution in [2.24, 2.45) is 0 Å². The van der Waals surface area contributed by atoms with Gasteiger partial charge in [0, 0.05) is 10.4 Å². The van der Waals surface area contributed by atoms with Crippen molar-refractivity contribution in [1.29, 1.82) is 0 Å². The second-order valence-electron chi connectivity index (χ2n) is 5.75. The molecule has 4 aromatic rings. The summed E-state index contributed by atoms with van der Waals surface area (Å²) < 4.78 is 6.79. The summed E-state index contributed by atoms with van der Waals surface area (Å²) in [6.07, 6.45) is 1.23. The highest BCUT2D eigenvalue weighted by molar-refractivity contribution is 6.32. The molecule has 1 N–H and O–H groups in total. The molecule has 2 heterocycles. The average molecular weight is 404 g/mol. The third-order valence-electron chi connectivity index (χ3n) is 4.22. The molecule has 27 heavy (non-hydrogen) atoms. The van der Waals surface area contributed by atoms with E-state index in [1.807, 2.05) is 0 Å². The molecule has 0 fully saturated rings. The van der Waals surface area contributed by atoms with Crippen molar-refractivity contribution < 1.29 is 9.94 Å². The van der Waals surface area contributed by atoms with E-state index in [0.29, 0.717) is 21.2 Å². The van der Waals surface area contributed by atoms with Gasteiger partial charge in [-0.3, -0.25) is 9.59 Å². The Balaban J connectivity index is 2.09. The predicted octanol–water partition coefficient (Wildman–Crippen LogP) is 3.25. The van der Waals surface area contributed by atoms with Crippen LogP contribution in [0.4, 0.5) is 0 Å². The minimum Gasteiger partial charge on any atom is -0.495 e. The molecule has 0 atom stereocenters. The zero-order chi connectivity index (χ0) is 19.3. The Morgan fingerprint density at radius 2 is 1.85 bits per heavy atom. The molecule has 9 heteroatoms. The van der Waals surface area contributed by atoms with Crippen LogP contribution in [0.5, 0.6) is 5.75 Å². The quantitative estimate of drug-likeness (QED) is 0.410. The Kier molecular flexibility index (Phi) is 4.05. The summed E-state index contributed by atoms with van der Waals surface area (Å²) >= 11 is 12.1. The van der Waals surface area contributed by atoms with Gasteiger partial charge in [-0.1, -0.05) is 23.2 Å². The summed E-state index contributed by atoms with van der Waals surface area (Å²) in [5.41, 5.74) is -0.840. The number of aromatic nitrogens is 3. The van der Waals surface area contributed by atoms with E-state index in [1.165, 1.54) is 37.6 Å². The van der Waals surface area contributed by atoms with Gasteiger partial charge in [0.15, 0.2) is 10.9 Å². The van der Waals surface area contributed by atoms with Crippen LogP contribution < -0.4 is 15.7 Å². The molecule has 0 spiro atoms. The molecular weight excluding hydrogens is 393 g/mol. The summed E-state index contributed by atoms with van der Waals surface area (Å²) in [6, 6.07) is 9.10. The van der Waals surface area contributed by atoms with Gasteiger partial charge in [0.05, 0.1) is 34.9 Å². The average Bonchev–Trinajstić information content (AvgIpc) is 2.65. The van der Waals surface area contributed by atoms with E-state index in [1.54, 1.807) is 12.1 Å². The lowest BCUT2D eigenvalue weighted by atomic mass is 10.1. The normalized spacial score (nSPS) is 11.2. The molecule has 0 unspecified atom stereocenters. The van der Waals surface area contributed by atoms with Crippen molar-refractivity contribution >= 4 is 45.0 Å². The zero-order valence-corrected chi connectivity index (χ0v) is 15.3. The smallest absolute Gasteiger partial charge is 0.299 e. The van der Waals surface area contributed by atoms with E-state index in [2.05, 4.69) is 5.10 Å². The molecule has 2 aromatic heterocycles. The Bertz CT molecular complexity index is 1340. The number of halogens is 2. The van der Waals surface area contributed by atoms with Gasteiger partial charge in [-0.25, -0.2) is 0 Å². The first-order chi connectivity index (χ1) is 12.9. The van der Waals surface area contributed by atoms with E-state index in [0.717, 1.165) is 4.68 Å². The lowest BCUT2D eigenvalue weighted by Crippen LogP contribution is -2.26. The molecule has 7 nitrogen and oxygen atoms in total. The fourth-order valence-electron chi connectivity index (χ4n) is 2.92. The minimum absolute atomic E-state index is 0.00631. The molecular formula is C18H11Cl2N3O4. The second kappa shape index (κ2) is 6.29. The minimum atomic E-state index is -0.685. The lowest BCUT2D eigenvalue weighted by Gasteiger charge is -2.11. The molecule has 0 radical (unpaired) electrons. The molecule has 0 aliphatic heterocycles. The van der Waals surface area contributed by atoms with E-state index in [-0.39, 0.29) is 26.8 Å². The van der Waals surface area contributed by atoms with Crippen LogP contribution in [0.3, 0.4) is 0 Å². The first kappa shape index (κ1) is 17.4. The number of benzene rings is 2. The second-order valence-corrected chi connectivity index (χ2v) is 6.59. The number of fused-ring (bicyclic) bond motifs is 2. The number of ether oxygens (including phenoxy) is 1. The Labute approximate surface area is 161 Å². The van der Waals surface area contributed by atoms with E-state index < -0.39 is 11.0 Å². The van der Waals surface area contributed by atoms with E-state index >= 15 is 0 Å². The standard InChI is InChI=1S/C18H11Cl2N3O4/c1-27-15-5-3-10(7-13(15)20)22-18(25)16-12(8-21-22)17(24)11-4-2-9(19)6-14(11)23(16)26/h2-8,26H,1H3. The van der Waals surface area contributed by atoms with Crippen molar-refractivity contribution in [2.75, 3.05) is 7.11 Å². The predicted molar refractivity (Wildman–Crippen MR) is 103 cm³/mol. The first-order valence-electron chi connectivity index (χ1n) is 7.72. The molecule has 136 valence electrons. The maximum atomic E-state index is 13.0. The number of hydrogen-bond acceptors (Lipinski definition) is 5. The summed E-state index contributed by atoms with van der Waals surface area (Å²) in [7, 11) is 1.47. The molecule has 2 aromatic carbocycles. The van der Waals surface area contributed by atoms with Crippen LogP contribution in [0, 0.1) is 0 Å². The third kappa shape index (κ3) is 2.63. The summed E-state index contributed by atoms with van der Waals surface area (Å²) in [5, 5.41) is 15.5. The number of hydrogen-bond donors (Lipinski definition) is 1. The van der Waals surface area contributed by atoms with Crippen LogP contribution in [0.15, 0.2) is 52.2 Å². The summed E-state index contributed by atoms with van der Waals surface area (Å²) in [5.74, 6) is 0.439. The Morgan fingerprint density at radius 3 is 2.56 bits per heavy atom. The molecule has 0 saturated carbocycles. The first-order valence-corrected chi connectivity index (χ1v) is 8.47. The fourth-order valence-corrected chi connectivity index (χ4v) is 3.34. The van der Waals surface area contributed by atoms with Gasteiger partial charge in [-0.2, -0.15) is 14.5 Å². The molecule has 0 aliphatic rings. The van der Waals surface area contributed by atoms with Crippen molar-refractivity contribution in [3.63, 3.8) is 0 Å². The molecule has 0 amide bonds. The number of nitrogens with zero attached hydrogens (tertiary/aromatic N) is 3. The van der Waals surface area contributed by atoms with Crippen LogP contribution in [-0.2, 0) is 0 Å². The van der Waals surface area contributed by atoms with Gasteiger partial charge < -0.3 is 9.94 Å². The summed E-state index contributed by atoms with van der Waals surface area (Å²) in [6.45, 7) is 0. The van der Waals surface area contributed by atoms with Crippen molar-refractivity contribution in [1.82, 2.24) is 14.5 Å². The number of rotatable bonds is 2. The molecule has 0 bridgehead atoms. The Morgan fingerprint density at radius 1 is 1.07 bits per heavy atom. The Hall–Kier alpha value is -3.03. The van der Waals surface area contributed by atoms with Crippen LogP contribution in [0.25, 0.3) is 27.5 Å². The van der Waals surface area contributed by atoms with E-state index in [4.69, 9.17) is 27.9 Å². The zero-order valence-electron chi connectivity index (χ0n) is 13.8. The monoisotopic (exact) mass is 403 g/mol. The van der Waals surface area contributed by atoms with Crippen LogP contribution in [0.1, 0.15) is 0 Å². The fraction of sp³-hybridized carbons (Fsp3) is 0.0556. The SMILES string of the molecule is COc1ccc(-n2ncc3c(=O)c4ccc(Cl)cc4n(O)c3c2=O)cc1Cl. The highest BCUT2D eigenvalue weighted by atomic mass is 35.5. The highest BCUT2D eigenvalue weighted by Crippen LogP contribution is 2.26. The van der Waals surface area contributed by atoms with Crippen LogP contribution in [0.2, 0.25) is 10.0 Å². The van der Waals surface area contributed by atoms with Crippen molar-refractivity contribution in [2.45, 2.75) is 0 Å². The van der Waals surface area contributed by atoms with Gasteiger partial charge >= 0.3 is 0 Å². The molecule has 0 saturated heterocycles. The molecule has 0 aliphatic carbocycles. The highest BCUT2D eigenvalue weighted by Gasteiger charge is 2.17. The number of methoxy groups -OCH3 is 1. The third-order valence-corrected chi connectivity index (χ3v) is 4.75. The van der Waals surface area contributed by atoms with Crippen molar-refractivity contribution in [3.05, 3.63) is 73.2 Å². The lowest BCUT2D eigenvalue weighted by molar-refractivity contribution is 0.210. The van der Waals surface area contributed by atoms with Gasteiger partial charge in [0.25, 0.3) is 5.56 Å². The van der Waals surface area contributed by atoms with Gasteiger partial charge in [-0.05, 0) is 36.4 Å². The van der Waals surface area contributed by atoms with Gasteiger partial charge in [0.1, 0.15) is 5.75 Å². The maximum absolute atomic E-state index is 13.0. The van der Waals surface area contributed by atoms with Crippen LogP contribution in [-0.4, -0.2) is 26.8 Å².